The first-order chi connectivity index (χ1) is 8.47. The van der Waals surface area contributed by atoms with Crippen LogP contribution in [0.2, 0.25) is 5.02 Å². The van der Waals surface area contributed by atoms with Crippen molar-refractivity contribution < 1.29 is 9.18 Å². The molecule has 0 amide bonds. The van der Waals surface area contributed by atoms with Crippen molar-refractivity contribution in [3.05, 3.63) is 34.6 Å². The lowest BCUT2D eigenvalue weighted by molar-refractivity contribution is 0.0835. The molecular weight excluding hydrogens is 251 g/mol. The zero-order valence-electron chi connectivity index (χ0n) is 10.7. The van der Waals surface area contributed by atoms with Gasteiger partial charge in [-0.05, 0) is 49.3 Å². The van der Waals surface area contributed by atoms with E-state index in [0.717, 1.165) is 12.8 Å². The molecule has 98 valence electrons. The summed E-state index contributed by atoms with van der Waals surface area (Å²) in [6, 6.07) is 4.34. The Hall–Kier alpha value is -0.890. The molecule has 2 atom stereocenters. The van der Waals surface area contributed by atoms with Crippen molar-refractivity contribution in [3.8, 4) is 0 Å². The van der Waals surface area contributed by atoms with E-state index in [1.165, 1.54) is 18.6 Å². The van der Waals surface area contributed by atoms with Crippen LogP contribution in [0.5, 0.6) is 0 Å². The van der Waals surface area contributed by atoms with Crippen molar-refractivity contribution in [1.29, 1.82) is 0 Å². The highest BCUT2D eigenvalue weighted by atomic mass is 35.5. The summed E-state index contributed by atoms with van der Waals surface area (Å²) in [5.41, 5.74) is 0.447. The normalized spacial score (nSPS) is 28.1. The van der Waals surface area contributed by atoms with E-state index in [-0.39, 0.29) is 16.7 Å². The number of rotatable bonds is 2. The van der Waals surface area contributed by atoms with Gasteiger partial charge in [0.2, 0.25) is 0 Å². The van der Waals surface area contributed by atoms with Crippen molar-refractivity contribution in [2.75, 3.05) is 0 Å². The van der Waals surface area contributed by atoms with Crippen LogP contribution in [-0.2, 0) is 0 Å². The largest absolute Gasteiger partial charge is 0.294 e. The molecule has 1 aromatic rings. The molecule has 0 aliphatic heterocycles. The minimum absolute atomic E-state index is 0.0318. The summed E-state index contributed by atoms with van der Waals surface area (Å²) in [4.78, 5) is 12.3. The monoisotopic (exact) mass is 268 g/mol. The number of carbonyl (C=O) groups excluding carboxylic acids is 1. The first-order valence-electron chi connectivity index (χ1n) is 6.46. The van der Waals surface area contributed by atoms with Gasteiger partial charge >= 0.3 is 0 Å². The summed E-state index contributed by atoms with van der Waals surface area (Å²) in [6.45, 7) is 4.36. The molecule has 1 aromatic carbocycles. The van der Waals surface area contributed by atoms with Crippen LogP contribution in [0, 0.1) is 23.6 Å². The fourth-order valence-corrected chi connectivity index (χ4v) is 3.16. The Kier molecular flexibility index (Phi) is 4.06. The minimum atomic E-state index is -0.514. The number of hydrogen-bond acceptors (Lipinski definition) is 1. The van der Waals surface area contributed by atoms with Crippen LogP contribution >= 0.6 is 11.6 Å². The first kappa shape index (κ1) is 13.5. The molecule has 0 N–H and O–H groups in total. The molecule has 0 aromatic heterocycles. The van der Waals surface area contributed by atoms with Crippen LogP contribution in [0.25, 0.3) is 0 Å². The molecule has 0 saturated heterocycles. The van der Waals surface area contributed by atoms with Gasteiger partial charge in [-0.1, -0.05) is 25.4 Å². The second-order valence-corrected chi connectivity index (χ2v) is 6.01. The molecule has 1 aliphatic carbocycles. The topological polar surface area (TPSA) is 17.1 Å². The summed E-state index contributed by atoms with van der Waals surface area (Å²) >= 11 is 5.63. The highest BCUT2D eigenvalue weighted by Gasteiger charge is 2.29. The minimum Gasteiger partial charge on any atom is -0.294 e. The molecule has 1 nitrogen and oxygen atoms in total. The molecule has 1 aliphatic rings. The number of benzene rings is 1. The second kappa shape index (κ2) is 5.40. The molecule has 2 rings (SSSR count). The van der Waals surface area contributed by atoms with Crippen LogP contribution in [-0.4, -0.2) is 5.78 Å². The average Bonchev–Trinajstić information content (AvgIpc) is 2.30. The van der Waals surface area contributed by atoms with Gasteiger partial charge in [-0.25, -0.2) is 4.39 Å². The quantitative estimate of drug-likeness (QED) is 0.709. The van der Waals surface area contributed by atoms with E-state index >= 15 is 0 Å². The van der Waals surface area contributed by atoms with E-state index in [9.17, 15) is 9.18 Å². The SMILES string of the molecule is CC1CC(C)CC(C(=O)c2ccc(Cl)c(F)c2)C1. The number of hydrogen-bond donors (Lipinski definition) is 0. The van der Waals surface area contributed by atoms with Crippen LogP contribution in [0.1, 0.15) is 43.5 Å². The molecule has 18 heavy (non-hydrogen) atoms. The summed E-state index contributed by atoms with van der Waals surface area (Å²) in [5, 5.41) is 0.0666. The van der Waals surface area contributed by atoms with E-state index in [1.54, 1.807) is 6.07 Å². The number of ketones is 1. The average molecular weight is 269 g/mol. The van der Waals surface area contributed by atoms with Crippen molar-refractivity contribution in [2.45, 2.75) is 33.1 Å². The van der Waals surface area contributed by atoms with Crippen LogP contribution in [0.15, 0.2) is 18.2 Å². The van der Waals surface area contributed by atoms with E-state index in [1.807, 2.05) is 0 Å². The van der Waals surface area contributed by atoms with Crippen LogP contribution < -0.4 is 0 Å². The maximum absolute atomic E-state index is 13.4. The van der Waals surface area contributed by atoms with Gasteiger partial charge in [0, 0.05) is 11.5 Å². The Morgan fingerprint density at radius 3 is 2.39 bits per heavy atom. The van der Waals surface area contributed by atoms with Gasteiger partial charge in [-0.2, -0.15) is 0 Å². The molecule has 3 heteroatoms. The predicted molar refractivity (Wildman–Crippen MR) is 71.4 cm³/mol. The smallest absolute Gasteiger partial charge is 0.166 e. The molecule has 0 spiro atoms. The van der Waals surface area contributed by atoms with Gasteiger partial charge in [-0.3, -0.25) is 4.79 Å². The lowest BCUT2D eigenvalue weighted by Crippen LogP contribution is -2.26. The van der Waals surface area contributed by atoms with Gasteiger partial charge in [0.1, 0.15) is 5.82 Å². The fourth-order valence-electron chi connectivity index (χ4n) is 3.05. The summed E-state index contributed by atoms with van der Waals surface area (Å²) in [5.74, 6) is 0.715. The van der Waals surface area contributed by atoms with Gasteiger partial charge in [0.15, 0.2) is 5.78 Å². The molecule has 1 saturated carbocycles. The molecule has 0 radical (unpaired) electrons. The maximum Gasteiger partial charge on any atom is 0.166 e. The standard InChI is InChI=1S/C15H18ClFO/c1-9-5-10(2)7-12(6-9)15(18)11-3-4-13(16)14(17)8-11/h3-4,8-10,12H,5-7H2,1-2H3. The fraction of sp³-hybridized carbons (Fsp3) is 0.533. The predicted octanol–water partition coefficient (Wildman–Crippen LogP) is 4.73. The van der Waals surface area contributed by atoms with Crippen LogP contribution in [0.4, 0.5) is 4.39 Å². The highest BCUT2D eigenvalue weighted by Crippen LogP contribution is 2.35. The zero-order chi connectivity index (χ0) is 13.3. The van der Waals surface area contributed by atoms with Gasteiger partial charge < -0.3 is 0 Å². The Bertz CT molecular complexity index is 448. The van der Waals surface area contributed by atoms with Crippen molar-refractivity contribution in [3.63, 3.8) is 0 Å². The lowest BCUT2D eigenvalue weighted by atomic mass is 9.74. The van der Waals surface area contributed by atoms with E-state index < -0.39 is 5.82 Å². The Morgan fingerprint density at radius 1 is 1.22 bits per heavy atom. The molecular formula is C15H18ClFO. The van der Waals surface area contributed by atoms with Gasteiger partial charge in [-0.15, -0.1) is 0 Å². The Labute approximate surface area is 112 Å². The number of Topliss-reactive ketones (excluding diaryl/α,β-unsaturated/α-hetero) is 1. The number of carbonyl (C=O) groups is 1. The molecule has 1 fully saturated rings. The van der Waals surface area contributed by atoms with Crippen LogP contribution in [0.3, 0.4) is 0 Å². The van der Waals surface area contributed by atoms with E-state index in [0.29, 0.717) is 17.4 Å². The summed E-state index contributed by atoms with van der Waals surface area (Å²) in [7, 11) is 0. The van der Waals surface area contributed by atoms with Crippen molar-refractivity contribution in [1.82, 2.24) is 0 Å². The molecule has 0 bridgehead atoms. The van der Waals surface area contributed by atoms with Gasteiger partial charge in [0.25, 0.3) is 0 Å². The Balaban J connectivity index is 2.17. The molecule has 0 heterocycles. The second-order valence-electron chi connectivity index (χ2n) is 5.61. The maximum atomic E-state index is 13.4. The van der Waals surface area contributed by atoms with Crippen molar-refractivity contribution >= 4 is 17.4 Å². The molecule has 2 unspecified atom stereocenters. The third kappa shape index (κ3) is 2.92. The summed E-state index contributed by atoms with van der Waals surface area (Å²) in [6.07, 6.45) is 3.00. The van der Waals surface area contributed by atoms with Crippen molar-refractivity contribution in [2.24, 2.45) is 17.8 Å². The lowest BCUT2D eigenvalue weighted by Gasteiger charge is -2.30. The number of halogens is 2. The summed E-state index contributed by atoms with van der Waals surface area (Å²) < 4.78 is 13.4. The Morgan fingerprint density at radius 2 is 1.83 bits per heavy atom. The third-order valence-electron chi connectivity index (χ3n) is 3.75. The highest BCUT2D eigenvalue weighted by molar-refractivity contribution is 6.30. The first-order valence-corrected chi connectivity index (χ1v) is 6.84. The van der Waals surface area contributed by atoms with E-state index in [4.69, 9.17) is 11.6 Å². The third-order valence-corrected chi connectivity index (χ3v) is 4.06. The van der Waals surface area contributed by atoms with E-state index in [2.05, 4.69) is 13.8 Å². The van der Waals surface area contributed by atoms with Gasteiger partial charge in [0.05, 0.1) is 5.02 Å². The zero-order valence-corrected chi connectivity index (χ0v) is 11.5.